The van der Waals surface area contributed by atoms with Crippen LogP contribution in [0, 0.1) is 0 Å². The first-order valence-corrected chi connectivity index (χ1v) is 42.5. The van der Waals surface area contributed by atoms with Crippen LogP contribution in [0.1, 0.15) is 336 Å². The van der Waals surface area contributed by atoms with E-state index < -0.39 is 97.5 Å². The zero-order valence-corrected chi connectivity index (χ0v) is 64.9. The van der Waals surface area contributed by atoms with Gasteiger partial charge in [0, 0.05) is 25.7 Å². The Kier molecular flexibility index (Phi) is 70.4. The van der Waals surface area contributed by atoms with Gasteiger partial charge in [-0.1, -0.05) is 253 Å². The standard InChI is InChI=1S/C81H142O17P2/c1-5-9-13-17-21-25-29-33-37-41-45-49-53-57-61-65-78(83)91-71-76(97-80(85)67-63-59-55-51-47-43-39-35-31-27-23-19-15-11-7-3)73-95-99(87,88)93-69-75(82)70-94-100(89,90)96-74-77(98-81(86)68-64-60-56-52-48-44-40-36-32-28-24-20-16-12-8-4)72-92-79(84)66-62-58-54-50-46-42-38-34-30-26-22-18-14-10-6-2/h21-28,33-40,75-77,82H,5-20,29-32,41-74H2,1-4H3,(H,87,88)(H,89,90)/b25-21-,26-22+,27-23+,28-24-,37-33+,38-34+,39-35+,40-36+/t75?,76-,77-/m1/s1. The lowest BCUT2D eigenvalue weighted by atomic mass is 10.1. The van der Waals surface area contributed by atoms with Crippen LogP contribution in [0.25, 0.3) is 0 Å². The topological polar surface area (TPSA) is 237 Å². The normalized spacial score (nSPS) is 14.4. The lowest BCUT2D eigenvalue weighted by molar-refractivity contribution is -0.161. The van der Waals surface area contributed by atoms with E-state index in [2.05, 4.69) is 125 Å². The van der Waals surface area contributed by atoms with E-state index in [-0.39, 0.29) is 25.7 Å². The van der Waals surface area contributed by atoms with Gasteiger partial charge in [-0.2, -0.15) is 0 Å². The molecule has 0 aliphatic rings. The van der Waals surface area contributed by atoms with Gasteiger partial charge in [-0.25, -0.2) is 9.13 Å². The first kappa shape index (κ1) is 96.0. The molecule has 3 N–H and O–H groups in total. The van der Waals surface area contributed by atoms with Gasteiger partial charge < -0.3 is 33.8 Å². The molecule has 0 amide bonds. The van der Waals surface area contributed by atoms with Crippen LogP contribution >= 0.6 is 15.6 Å². The number of unbranched alkanes of at least 4 members (excludes halogenated alkanes) is 32. The van der Waals surface area contributed by atoms with Crippen LogP contribution in [0.5, 0.6) is 0 Å². The summed E-state index contributed by atoms with van der Waals surface area (Å²) in [7, 11) is -9.97. The van der Waals surface area contributed by atoms with Gasteiger partial charge in [-0.15, -0.1) is 0 Å². The third kappa shape index (κ3) is 72.3. The quantitative estimate of drug-likeness (QED) is 0.0169. The summed E-state index contributed by atoms with van der Waals surface area (Å²) in [6.07, 6.45) is 76.6. The summed E-state index contributed by atoms with van der Waals surface area (Å²) in [5.74, 6) is -2.22. The smallest absolute Gasteiger partial charge is 0.462 e. The number of hydrogen-bond donors (Lipinski definition) is 3. The first-order valence-electron chi connectivity index (χ1n) is 39.5. The molecule has 0 saturated carbocycles. The minimum atomic E-state index is -4.98. The minimum Gasteiger partial charge on any atom is -0.462 e. The molecule has 0 rings (SSSR count). The summed E-state index contributed by atoms with van der Waals surface area (Å²) in [4.78, 5) is 72.9. The average Bonchev–Trinajstić information content (AvgIpc) is 1.01. The summed E-state index contributed by atoms with van der Waals surface area (Å²) < 4.78 is 68.5. The van der Waals surface area contributed by atoms with Gasteiger partial charge in [0.2, 0.25) is 0 Å². The Balaban J connectivity index is 5.40. The fraction of sp³-hybridized carbons (Fsp3) is 0.753. The zero-order valence-electron chi connectivity index (χ0n) is 63.1. The Morgan fingerprint density at radius 3 is 0.740 bits per heavy atom. The van der Waals surface area contributed by atoms with Crippen molar-refractivity contribution in [2.75, 3.05) is 39.6 Å². The number of ether oxygens (including phenoxy) is 4. The lowest BCUT2D eigenvalue weighted by Gasteiger charge is -2.21. The molecule has 19 heteroatoms. The highest BCUT2D eigenvalue weighted by atomic mass is 31.2. The Bertz CT molecular complexity index is 2120. The molecular weight excluding hydrogens is 1310 g/mol. The van der Waals surface area contributed by atoms with Crippen LogP contribution < -0.4 is 0 Å². The van der Waals surface area contributed by atoms with Crippen molar-refractivity contribution in [3.63, 3.8) is 0 Å². The van der Waals surface area contributed by atoms with E-state index in [1.54, 1.807) is 0 Å². The van der Waals surface area contributed by atoms with Crippen molar-refractivity contribution < 1.29 is 80.2 Å². The lowest BCUT2D eigenvalue weighted by Crippen LogP contribution is -2.30. The fourth-order valence-electron chi connectivity index (χ4n) is 10.4. The molecule has 0 heterocycles. The number of hydrogen-bond acceptors (Lipinski definition) is 15. The second-order valence-corrected chi connectivity index (χ2v) is 29.2. The predicted octanol–water partition coefficient (Wildman–Crippen LogP) is 22.8. The maximum atomic E-state index is 13.1. The molecule has 0 spiro atoms. The van der Waals surface area contributed by atoms with Crippen molar-refractivity contribution in [1.82, 2.24) is 0 Å². The molecule has 17 nitrogen and oxygen atoms in total. The first-order chi connectivity index (χ1) is 48.7. The monoisotopic (exact) mass is 1450 g/mol. The maximum Gasteiger partial charge on any atom is 0.472 e. The van der Waals surface area contributed by atoms with Crippen molar-refractivity contribution >= 4 is 39.5 Å². The second-order valence-electron chi connectivity index (χ2n) is 26.3. The molecule has 0 aromatic heterocycles. The molecular formula is C81H142O17P2. The van der Waals surface area contributed by atoms with Crippen LogP contribution in [0.3, 0.4) is 0 Å². The number of rotatable bonds is 74. The zero-order chi connectivity index (χ0) is 73.2. The van der Waals surface area contributed by atoms with Gasteiger partial charge in [-0.05, 0) is 154 Å². The molecule has 5 atom stereocenters. The summed E-state index contributed by atoms with van der Waals surface area (Å²) in [6.45, 7) is 4.74. The summed E-state index contributed by atoms with van der Waals surface area (Å²) >= 11 is 0. The van der Waals surface area contributed by atoms with Crippen molar-refractivity contribution in [2.45, 2.75) is 354 Å². The van der Waals surface area contributed by atoms with E-state index in [0.717, 1.165) is 180 Å². The van der Waals surface area contributed by atoms with Gasteiger partial charge in [0.1, 0.15) is 19.3 Å². The van der Waals surface area contributed by atoms with Crippen LogP contribution in [0.2, 0.25) is 0 Å². The minimum absolute atomic E-state index is 0.0756. The van der Waals surface area contributed by atoms with Gasteiger partial charge >= 0.3 is 39.5 Å². The third-order valence-electron chi connectivity index (χ3n) is 16.5. The van der Waals surface area contributed by atoms with Crippen molar-refractivity contribution in [1.29, 1.82) is 0 Å². The van der Waals surface area contributed by atoms with Crippen molar-refractivity contribution in [2.24, 2.45) is 0 Å². The van der Waals surface area contributed by atoms with Crippen LogP contribution in [-0.4, -0.2) is 96.7 Å². The molecule has 0 fully saturated rings. The average molecular weight is 1450 g/mol. The summed E-state index contributed by atoms with van der Waals surface area (Å²) in [5.41, 5.74) is 0. The number of aliphatic hydroxyl groups excluding tert-OH is 1. The fourth-order valence-corrected chi connectivity index (χ4v) is 12.0. The highest BCUT2D eigenvalue weighted by Crippen LogP contribution is 2.45. The molecule has 0 aromatic carbocycles. The predicted molar refractivity (Wildman–Crippen MR) is 409 cm³/mol. The number of phosphoric acid groups is 2. The number of carbonyl (C=O) groups is 4. The molecule has 0 aliphatic carbocycles. The molecule has 0 radical (unpaired) electrons. The third-order valence-corrected chi connectivity index (χ3v) is 18.4. The highest BCUT2D eigenvalue weighted by molar-refractivity contribution is 7.47. The van der Waals surface area contributed by atoms with Crippen LogP contribution in [0.15, 0.2) is 97.2 Å². The van der Waals surface area contributed by atoms with Crippen LogP contribution in [0.4, 0.5) is 0 Å². The highest BCUT2D eigenvalue weighted by Gasteiger charge is 2.30. The van der Waals surface area contributed by atoms with E-state index in [1.165, 1.54) is 77.0 Å². The second kappa shape index (κ2) is 73.3. The molecule has 3 unspecified atom stereocenters. The van der Waals surface area contributed by atoms with E-state index >= 15 is 0 Å². The molecule has 0 saturated heterocycles. The number of allylic oxidation sites excluding steroid dienone is 16. The number of phosphoric ester groups is 2. The van der Waals surface area contributed by atoms with Gasteiger partial charge in [0.15, 0.2) is 12.2 Å². The van der Waals surface area contributed by atoms with Crippen molar-refractivity contribution in [3.05, 3.63) is 97.2 Å². The Morgan fingerprint density at radius 1 is 0.280 bits per heavy atom. The van der Waals surface area contributed by atoms with Crippen LogP contribution in [-0.2, 0) is 65.4 Å². The Hall–Kier alpha value is -4.02. The number of aliphatic hydroxyl groups is 1. The number of esters is 4. The summed E-state index contributed by atoms with van der Waals surface area (Å²) in [6, 6.07) is 0. The van der Waals surface area contributed by atoms with Gasteiger partial charge in [0.05, 0.1) is 26.4 Å². The van der Waals surface area contributed by atoms with Gasteiger partial charge in [0.25, 0.3) is 0 Å². The molecule has 0 aliphatic heterocycles. The molecule has 578 valence electrons. The Morgan fingerprint density at radius 2 is 0.490 bits per heavy atom. The van der Waals surface area contributed by atoms with E-state index in [0.29, 0.717) is 25.7 Å². The number of carbonyl (C=O) groups excluding carboxylic acids is 4. The van der Waals surface area contributed by atoms with Gasteiger partial charge in [-0.3, -0.25) is 37.3 Å². The largest absolute Gasteiger partial charge is 0.472 e. The summed E-state index contributed by atoms with van der Waals surface area (Å²) in [5, 5.41) is 10.6. The maximum absolute atomic E-state index is 13.1. The van der Waals surface area contributed by atoms with E-state index in [1.807, 2.05) is 0 Å². The molecule has 100 heavy (non-hydrogen) atoms. The van der Waals surface area contributed by atoms with Crippen molar-refractivity contribution in [3.8, 4) is 0 Å². The van der Waals surface area contributed by atoms with E-state index in [9.17, 15) is 43.2 Å². The van der Waals surface area contributed by atoms with E-state index in [4.69, 9.17) is 37.0 Å². The SMILES string of the molecule is CCCCC/C=C\C/C=C/CCCCCCCC(=O)OC[C@H](COP(=O)(O)OCC(O)COP(=O)(O)OC[C@@H](COC(=O)CCCCCCC/C=C/C/C=C/CCCCC)OC(=O)CCCCCCC/C=C/C/C=C\CCCCC)OC(=O)CCCCCCC/C=C/C/C=C/CCCCC. The molecule has 0 bridgehead atoms. The molecule has 0 aromatic rings. The Labute approximate surface area is 607 Å².